The van der Waals surface area contributed by atoms with Gasteiger partial charge in [-0.05, 0) is 42.5 Å². The molecular weight excluding hydrogens is 414 g/mol. The molecule has 3 rings (SSSR count). The van der Waals surface area contributed by atoms with Crippen LogP contribution in [-0.2, 0) is 14.5 Å². The second kappa shape index (κ2) is 12.0. The minimum Gasteiger partial charge on any atom is -0.375 e. The first kappa shape index (κ1) is 24.2. The third kappa shape index (κ3) is 6.30. The van der Waals surface area contributed by atoms with Crippen LogP contribution in [0.2, 0.25) is 0 Å². The van der Waals surface area contributed by atoms with Crippen LogP contribution in [-0.4, -0.2) is 23.1 Å². The molecule has 0 bridgehead atoms. The Morgan fingerprint density at radius 3 is 1.91 bits per heavy atom. The van der Waals surface area contributed by atoms with Gasteiger partial charge in [-0.25, -0.2) is 8.57 Å². The fourth-order valence-corrected chi connectivity index (χ4v) is 6.74. The van der Waals surface area contributed by atoms with Gasteiger partial charge in [0.1, 0.15) is 6.10 Å². The maximum Gasteiger partial charge on any atom is 0.105 e. The van der Waals surface area contributed by atoms with Crippen molar-refractivity contribution in [3.63, 3.8) is 0 Å². The molecule has 3 aromatic carbocycles. The SMILES string of the molecule is CCCC[C@H](C[S@](=O)(=N[C@H](C)[C@@H](OC)c1ccccc1)c1ccccc1)c1ccccc1. The number of unbranched alkanes of at least 4 members (excludes halogenated alkanes) is 1. The highest BCUT2D eigenvalue weighted by Gasteiger charge is 2.25. The van der Waals surface area contributed by atoms with Gasteiger partial charge in [0.05, 0.1) is 15.8 Å². The molecule has 0 N–H and O–H groups in total. The summed E-state index contributed by atoms with van der Waals surface area (Å²) in [7, 11) is -0.966. The Kier molecular flexibility index (Phi) is 9.07. The van der Waals surface area contributed by atoms with E-state index in [-0.39, 0.29) is 18.1 Å². The van der Waals surface area contributed by atoms with Gasteiger partial charge < -0.3 is 4.74 Å². The molecule has 170 valence electrons. The highest BCUT2D eigenvalue weighted by atomic mass is 32.2. The third-order valence-corrected chi connectivity index (χ3v) is 8.41. The first-order valence-electron chi connectivity index (χ1n) is 11.5. The number of hydrogen-bond acceptors (Lipinski definition) is 3. The number of nitrogens with zero attached hydrogens (tertiary/aromatic N) is 1. The molecule has 0 heterocycles. The third-order valence-electron chi connectivity index (χ3n) is 5.87. The van der Waals surface area contributed by atoms with Gasteiger partial charge in [0.15, 0.2) is 0 Å². The molecule has 0 fully saturated rings. The molecule has 4 heteroatoms. The predicted molar refractivity (Wildman–Crippen MR) is 135 cm³/mol. The van der Waals surface area contributed by atoms with Gasteiger partial charge in [0.25, 0.3) is 0 Å². The highest BCUT2D eigenvalue weighted by Crippen LogP contribution is 2.31. The van der Waals surface area contributed by atoms with Crippen LogP contribution in [0.4, 0.5) is 0 Å². The largest absolute Gasteiger partial charge is 0.375 e. The van der Waals surface area contributed by atoms with E-state index in [1.807, 2.05) is 73.7 Å². The average molecular weight is 450 g/mol. The first-order chi connectivity index (χ1) is 15.6. The summed E-state index contributed by atoms with van der Waals surface area (Å²) in [6, 6.07) is 30.0. The Morgan fingerprint density at radius 1 is 0.844 bits per heavy atom. The molecule has 0 radical (unpaired) electrons. The monoisotopic (exact) mass is 449 g/mol. The fourth-order valence-electron chi connectivity index (χ4n) is 4.21. The normalized spacial score (nSPS) is 16.0. The molecule has 0 aromatic heterocycles. The smallest absolute Gasteiger partial charge is 0.105 e. The van der Waals surface area contributed by atoms with E-state index in [4.69, 9.17) is 9.10 Å². The Morgan fingerprint density at radius 2 is 1.38 bits per heavy atom. The van der Waals surface area contributed by atoms with E-state index in [1.54, 1.807) is 7.11 Å². The van der Waals surface area contributed by atoms with Crippen LogP contribution in [0.25, 0.3) is 0 Å². The Labute approximate surface area is 194 Å². The topological polar surface area (TPSA) is 38.7 Å². The summed E-state index contributed by atoms with van der Waals surface area (Å²) in [4.78, 5) is 0.798. The van der Waals surface area contributed by atoms with Crippen molar-refractivity contribution in [2.24, 2.45) is 4.36 Å². The molecule has 32 heavy (non-hydrogen) atoms. The van der Waals surface area contributed by atoms with E-state index >= 15 is 0 Å². The maximum atomic E-state index is 14.6. The van der Waals surface area contributed by atoms with E-state index in [9.17, 15) is 4.21 Å². The Hall–Kier alpha value is -2.43. The molecule has 0 spiro atoms. The van der Waals surface area contributed by atoms with Gasteiger partial charge >= 0.3 is 0 Å². The summed E-state index contributed by atoms with van der Waals surface area (Å²) in [5.74, 6) is 0.703. The van der Waals surface area contributed by atoms with E-state index in [0.29, 0.717) is 5.75 Å². The van der Waals surface area contributed by atoms with Crippen molar-refractivity contribution in [1.82, 2.24) is 0 Å². The van der Waals surface area contributed by atoms with Crippen molar-refractivity contribution < 1.29 is 8.95 Å². The fraction of sp³-hybridized carbons (Fsp3) is 0.357. The number of rotatable bonds is 11. The zero-order chi connectivity index (χ0) is 22.8. The second-order valence-electron chi connectivity index (χ2n) is 8.28. The van der Waals surface area contributed by atoms with Crippen molar-refractivity contribution in [2.45, 2.75) is 56.1 Å². The quantitative estimate of drug-likeness (QED) is 0.309. The van der Waals surface area contributed by atoms with Gasteiger partial charge in [-0.2, -0.15) is 0 Å². The molecule has 0 aliphatic rings. The van der Waals surface area contributed by atoms with Crippen molar-refractivity contribution >= 4 is 9.73 Å². The van der Waals surface area contributed by atoms with E-state index in [2.05, 4.69) is 31.2 Å². The zero-order valence-corrected chi connectivity index (χ0v) is 20.2. The van der Waals surface area contributed by atoms with Crippen LogP contribution in [0.1, 0.15) is 56.3 Å². The lowest BCUT2D eigenvalue weighted by Crippen LogP contribution is -2.21. The van der Waals surface area contributed by atoms with Gasteiger partial charge in [0.2, 0.25) is 0 Å². The van der Waals surface area contributed by atoms with Crippen molar-refractivity contribution in [2.75, 3.05) is 12.9 Å². The molecular formula is C28H35NO2S. The van der Waals surface area contributed by atoms with Crippen LogP contribution in [0, 0.1) is 0 Å². The molecule has 3 aromatic rings. The van der Waals surface area contributed by atoms with Crippen LogP contribution >= 0.6 is 0 Å². The second-order valence-corrected chi connectivity index (χ2v) is 10.6. The predicted octanol–water partition coefficient (Wildman–Crippen LogP) is 7.26. The van der Waals surface area contributed by atoms with Crippen molar-refractivity contribution in [3.8, 4) is 0 Å². The van der Waals surface area contributed by atoms with Crippen molar-refractivity contribution in [1.29, 1.82) is 0 Å². The maximum absolute atomic E-state index is 14.6. The summed E-state index contributed by atoms with van der Waals surface area (Å²) in [6.07, 6.45) is 2.97. The van der Waals surface area contributed by atoms with Crippen LogP contribution in [0.15, 0.2) is 100 Å². The minimum atomic E-state index is -2.66. The number of benzene rings is 3. The molecule has 0 saturated carbocycles. The van der Waals surface area contributed by atoms with E-state index < -0.39 is 9.73 Å². The average Bonchev–Trinajstić information content (AvgIpc) is 2.84. The molecule has 0 unspecified atom stereocenters. The molecule has 4 atom stereocenters. The summed E-state index contributed by atoms with van der Waals surface area (Å²) in [5.41, 5.74) is 2.28. The van der Waals surface area contributed by atoms with Gasteiger partial charge in [-0.3, -0.25) is 0 Å². The Balaban J connectivity index is 2.03. The Bertz CT molecular complexity index is 1040. The first-order valence-corrected chi connectivity index (χ1v) is 13.2. The molecule has 0 aliphatic heterocycles. The standard InChI is InChI=1S/C28H35NO2S/c1-4-5-15-26(24-16-9-6-10-17-24)22-32(30,27-20-13-8-14-21-27)29-23(2)28(31-3)25-18-11-7-12-19-25/h6-14,16-21,23,26,28H,4-5,15,22H2,1-3H3/t23-,26-,28-,32-/m1/s1. The van der Waals surface area contributed by atoms with Gasteiger partial charge in [0, 0.05) is 17.8 Å². The highest BCUT2D eigenvalue weighted by molar-refractivity contribution is 7.93. The number of hydrogen-bond donors (Lipinski definition) is 0. The van der Waals surface area contributed by atoms with Gasteiger partial charge in [-0.1, -0.05) is 98.6 Å². The van der Waals surface area contributed by atoms with Crippen LogP contribution in [0.5, 0.6) is 0 Å². The molecule has 0 saturated heterocycles. The number of ether oxygens (including phenoxy) is 1. The summed E-state index contributed by atoms with van der Waals surface area (Å²) >= 11 is 0. The van der Waals surface area contributed by atoms with Crippen molar-refractivity contribution in [3.05, 3.63) is 102 Å². The van der Waals surface area contributed by atoms with Crippen LogP contribution in [0.3, 0.4) is 0 Å². The summed E-state index contributed by atoms with van der Waals surface area (Å²) < 4.78 is 25.4. The minimum absolute atomic E-state index is 0.192. The van der Waals surface area contributed by atoms with E-state index in [1.165, 1.54) is 5.56 Å². The molecule has 3 nitrogen and oxygen atoms in total. The summed E-state index contributed by atoms with van der Waals surface area (Å²) in [6.45, 7) is 4.21. The lowest BCUT2D eigenvalue weighted by molar-refractivity contribution is 0.0865. The lowest BCUT2D eigenvalue weighted by Gasteiger charge is -2.24. The molecule has 0 aliphatic carbocycles. The number of methoxy groups -OCH3 is 1. The van der Waals surface area contributed by atoms with E-state index in [0.717, 1.165) is 29.7 Å². The van der Waals surface area contributed by atoms with Crippen LogP contribution < -0.4 is 0 Å². The summed E-state index contributed by atoms with van der Waals surface area (Å²) in [5, 5.41) is 0. The van der Waals surface area contributed by atoms with Gasteiger partial charge in [-0.15, -0.1) is 0 Å². The molecule has 0 amide bonds. The zero-order valence-electron chi connectivity index (χ0n) is 19.4. The lowest BCUT2D eigenvalue weighted by atomic mass is 9.95.